The topological polar surface area (TPSA) is 60.7 Å². The van der Waals surface area contributed by atoms with Crippen LogP contribution in [0.3, 0.4) is 0 Å². The summed E-state index contributed by atoms with van der Waals surface area (Å²) < 4.78 is 1.77. The average molecular weight is 469 g/mol. The van der Waals surface area contributed by atoms with E-state index in [-0.39, 0.29) is 17.7 Å². The van der Waals surface area contributed by atoms with E-state index in [4.69, 9.17) is 0 Å². The van der Waals surface area contributed by atoms with Gasteiger partial charge in [-0.05, 0) is 75.5 Å². The molecule has 2 heterocycles. The first-order valence-corrected chi connectivity index (χ1v) is 12.1. The number of fused-ring (bicyclic) bond motifs is 1. The smallest absolute Gasteiger partial charge is 0.231 e. The van der Waals surface area contributed by atoms with Gasteiger partial charge in [-0.25, -0.2) is 0 Å². The van der Waals surface area contributed by atoms with Gasteiger partial charge in [0.1, 0.15) is 0 Å². The van der Waals surface area contributed by atoms with E-state index in [2.05, 4.69) is 41.3 Å². The fourth-order valence-electron chi connectivity index (χ4n) is 4.82. The maximum absolute atomic E-state index is 12.9. The number of hydrogen-bond acceptors (Lipinski definition) is 4. The fraction of sp³-hybridized carbons (Fsp3) is 0.276. The van der Waals surface area contributed by atoms with Gasteiger partial charge in [-0.15, -0.1) is 0 Å². The van der Waals surface area contributed by atoms with E-state index < -0.39 is 0 Å². The zero-order valence-corrected chi connectivity index (χ0v) is 20.5. The Hall–Kier alpha value is -3.77. The van der Waals surface area contributed by atoms with Crippen molar-refractivity contribution in [2.75, 3.05) is 37.4 Å². The van der Waals surface area contributed by atoms with Crippen LogP contribution in [0.4, 0.5) is 11.4 Å². The largest absolute Gasteiger partial charge is 0.494 e. The maximum Gasteiger partial charge on any atom is 0.231 e. The Morgan fingerprint density at radius 1 is 1.00 bits per heavy atom. The monoisotopic (exact) mass is 468 g/mol. The van der Waals surface area contributed by atoms with E-state index in [9.17, 15) is 9.90 Å². The minimum atomic E-state index is -0.305. The molecule has 1 aromatic heterocycles. The highest BCUT2D eigenvalue weighted by atomic mass is 16.3. The van der Waals surface area contributed by atoms with Gasteiger partial charge in [0.05, 0.1) is 5.92 Å². The summed E-state index contributed by atoms with van der Waals surface area (Å²) in [4.78, 5) is 17.6. The van der Waals surface area contributed by atoms with Crippen LogP contribution in [-0.4, -0.2) is 53.7 Å². The van der Waals surface area contributed by atoms with Crippen LogP contribution in [0.5, 0.6) is 5.88 Å². The average Bonchev–Trinajstić information content (AvgIpc) is 3.50. The number of rotatable bonds is 6. The molecule has 4 aromatic rings. The van der Waals surface area contributed by atoms with Gasteiger partial charge in [0.25, 0.3) is 0 Å². The molecule has 5 rings (SSSR count). The van der Waals surface area contributed by atoms with Gasteiger partial charge < -0.3 is 20.2 Å². The zero-order valence-electron chi connectivity index (χ0n) is 20.5. The SMILES string of the molecule is CC(C(=O)Nc1ccc(N2CCC(N(C)C)C2)cc1)c1ccc(-n2cc3ccccc3c2O)cc1. The molecule has 6 heteroatoms. The number of nitrogens with one attached hydrogen (secondary N) is 1. The Balaban J connectivity index is 1.24. The highest BCUT2D eigenvalue weighted by Gasteiger charge is 2.24. The predicted octanol–water partition coefficient (Wildman–Crippen LogP) is 5.22. The number of aromatic nitrogens is 1. The van der Waals surface area contributed by atoms with Crippen molar-refractivity contribution in [3.63, 3.8) is 0 Å². The summed E-state index contributed by atoms with van der Waals surface area (Å²) in [5.74, 6) is -0.136. The summed E-state index contributed by atoms with van der Waals surface area (Å²) in [6.45, 7) is 3.99. The van der Waals surface area contributed by atoms with Crippen molar-refractivity contribution >= 4 is 28.1 Å². The van der Waals surface area contributed by atoms with Crippen molar-refractivity contribution < 1.29 is 9.90 Å². The zero-order chi connectivity index (χ0) is 24.5. The van der Waals surface area contributed by atoms with Gasteiger partial charge in [-0.1, -0.05) is 30.3 Å². The van der Waals surface area contributed by atoms with Crippen LogP contribution < -0.4 is 10.2 Å². The lowest BCUT2D eigenvalue weighted by atomic mass is 10.00. The van der Waals surface area contributed by atoms with E-state index in [0.717, 1.165) is 40.8 Å². The fourth-order valence-corrected chi connectivity index (χ4v) is 4.82. The number of carbonyl (C=O) groups is 1. The molecule has 0 aliphatic carbocycles. The van der Waals surface area contributed by atoms with Gasteiger partial charge in [-0.2, -0.15) is 0 Å². The lowest BCUT2D eigenvalue weighted by Crippen LogP contribution is -2.31. The van der Waals surface area contributed by atoms with Crippen LogP contribution in [0.2, 0.25) is 0 Å². The Morgan fingerprint density at radius 3 is 2.34 bits per heavy atom. The predicted molar refractivity (Wildman–Crippen MR) is 143 cm³/mol. The molecule has 0 spiro atoms. The Morgan fingerprint density at radius 2 is 1.69 bits per heavy atom. The summed E-state index contributed by atoms with van der Waals surface area (Å²) in [5.41, 5.74) is 3.77. The molecule has 0 radical (unpaired) electrons. The van der Waals surface area contributed by atoms with Gasteiger partial charge in [0.2, 0.25) is 11.8 Å². The van der Waals surface area contributed by atoms with Crippen LogP contribution >= 0.6 is 0 Å². The van der Waals surface area contributed by atoms with Crippen molar-refractivity contribution in [3.05, 3.63) is 84.6 Å². The van der Waals surface area contributed by atoms with E-state index in [1.165, 1.54) is 12.1 Å². The summed E-state index contributed by atoms with van der Waals surface area (Å²) >= 11 is 0. The molecule has 1 aliphatic rings. The quantitative estimate of drug-likeness (QED) is 0.407. The number of likely N-dealkylation sites (N-methyl/N-ethyl adjacent to an activating group) is 1. The Labute approximate surface area is 206 Å². The van der Waals surface area contributed by atoms with Crippen LogP contribution in [-0.2, 0) is 4.79 Å². The molecule has 0 bridgehead atoms. The van der Waals surface area contributed by atoms with Gasteiger partial charge in [0, 0.05) is 53.2 Å². The van der Waals surface area contributed by atoms with Gasteiger partial charge in [-0.3, -0.25) is 9.36 Å². The van der Waals surface area contributed by atoms with Crippen LogP contribution in [0.1, 0.15) is 24.8 Å². The highest BCUT2D eigenvalue weighted by Crippen LogP contribution is 2.31. The molecule has 180 valence electrons. The maximum atomic E-state index is 12.9. The number of anilines is 2. The molecule has 1 amide bonds. The lowest BCUT2D eigenvalue weighted by Gasteiger charge is -2.22. The van der Waals surface area contributed by atoms with Crippen molar-refractivity contribution in [1.29, 1.82) is 0 Å². The summed E-state index contributed by atoms with van der Waals surface area (Å²) in [6, 6.07) is 24.2. The van der Waals surface area contributed by atoms with Crippen molar-refractivity contribution in [2.45, 2.75) is 25.3 Å². The number of benzene rings is 3. The van der Waals surface area contributed by atoms with Crippen LogP contribution in [0.25, 0.3) is 16.5 Å². The van der Waals surface area contributed by atoms with Crippen molar-refractivity contribution in [3.8, 4) is 11.6 Å². The second-order valence-corrected chi connectivity index (χ2v) is 9.61. The molecule has 2 atom stereocenters. The third-order valence-electron chi connectivity index (χ3n) is 7.16. The summed E-state index contributed by atoms with van der Waals surface area (Å²) in [5, 5.41) is 15.4. The molecule has 1 aliphatic heterocycles. The number of nitrogens with zero attached hydrogens (tertiary/aromatic N) is 3. The molecule has 2 unspecified atom stereocenters. The molecule has 3 aromatic carbocycles. The van der Waals surface area contributed by atoms with E-state index in [1.54, 1.807) is 4.57 Å². The van der Waals surface area contributed by atoms with Crippen molar-refractivity contribution in [1.82, 2.24) is 9.47 Å². The summed E-state index contributed by atoms with van der Waals surface area (Å²) in [6.07, 6.45) is 3.09. The number of carbonyl (C=O) groups excluding carboxylic acids is 1. The highest BCUT2D eigenvalue weighted by molar-refractivity contribution is 5.95. The second kappa shape index (κ2) is 9.47. The molecular formula is C29H32N4O2. The number of hydrogen-bond donors (Lipinski definition) is 2. The van der Waals surface area contributed by atoms with Gasteiger partial charge in [0.15, 0.2) is 0 Å². The second-order valence-electron chi connectivity index (χ2n) is 9.61. The third kappa shape index (κ3) is 4.62. The van der Waals surface area contributed by atoms with Crippen molar-refractivity contribution in [2.24, 2.45) is 0 Å². The van der Waals surface area contributed by atoms with E-state index >= 15 is 0 Å². The standard InChI is InChI=1S/C29H32N4O2/c1-20(21-8-12-25(13-9-21)33-18-22-6-4-5-7-27(22)29(33)35)28(34)30-23-10-14-24(15-11-23)32-17-16-26(19-32)31(2)3/h4-15,18,20,26,35H,16-17,19H2,1-3H3,(H,30,34). The third-order valence-corrected chi connectivity index (χ3v) is 7.16. The van der Waals surface area contributed by atoms with E-state index in [1.807, 2.05) is 73.8 Å². The molecule has 2 N–H and O–H groups in total. The molecule has 6 nitrogen and oxygen atoms in total. The molecule has 1 fully saturated rings. The normalized spacial score (nSPS) is 16.7. The number of aromatic hydroxyl groups is 1. The first-order chi connectivity index (χ1) is 16.9. The number of amides is 1. The first kappa shape index (κ1) is 23.0. The molecular weight excluding hydrogens is 436 g/mol. The van der Waals surface area contributed by atoms with Gasteiger partial charge >= 0.3 is 0 Å². The molecule has 1 saturated heterocycles. The summed E-state index contributed by atoms with van der Waals surface area (Å²) in [7, 11) is 4.27. The minimum absolute atomic E-state index is 0.0473. The first-order valence-electron chi connectivity index (χ1n) is 12.1. The Kier molecular flexibility index (Phi) is 6.22. The van der Waals surface area contributed by atoms with Crippen LogP contribution in [0.15, 0.2) is 79.0 Å². The van der Waals surface area contributed by atoms with Crippen LogP contribution in [0, 0.1) is 0 Å². The molecule has 0 saturated carbocycles. The van der Waals surface area contributed by atoms with E-state index in [0.29, 0.717) is 6.04 Å². The minimum Gasteiger partial charge on any atom is -0.494 e. The lowest BCUT2D eigenvalue weighted by molar-refractivity contribution is -0.117. The molecule has 35 heavy (non-hydrogen) atoms. The Bertz CT molecular complexity index is 1330.